The molecule has 2 amide bonds. The summed E-state index contributed by atoms with van der Waals surface area (Å²) in [6, 6.07) is 13.0. The Labute approximate surface area is 166 Å². The van der Waals surface area contributed by atoms with Crippen molar-refractivity contribution in [3.05, 3.63) is 59.0 Å². The van der Waals surface area contributed by atoms with E-state index in [-0.39, 0.29) is 11.8 Å². The molecule has 142 valence electrons. The Kier molecular flexibility index (Phi) is 5.08. The summed E-state index contributed by atoms with van der Waals surface area (Å²) in [6.45, 7) is 2.37. The number of nitrogens with zero attached hydrogens (tertiary/aromatic N) is 1. The predicted octanol–water partition coefficient (Wildman–Crippen LogP) is 4.35. The van der Waals surface area contributed by atoms with Gasteiger partial charge in [0.15, 0.2) is 5.13 Å². The zero-order valence-corrected chi connectivity index (χ0v) is 16.1. The van der Waals surface area contributed by atoms with Crippen molar-refractivity contribution < 1.29 is 14.3 Å². The van der Waals surface area contributed by atoms with Gasteiger partial charge in [0.1, 0.15) is 5.75 Å². The first kappa shape index (κ1) is 18.2. The van der Waals surface area contributed by atoms with Crippen molar-refractivity contribution in [1.82, 2.24) is 4.98 Å². The summed E-state index contributed by atoms with van der Waals surface area (Å²) in [4.78, 5) is 28.7. The van der Waals surface area contributed by atoms with Gasteiger partial charge in [-0.15, -0.1) is 11.3 Å². The zero-order valence-electron chi connectivity index (χ0n) is 15.3. The minimum absolute atomic E-state index is 0.0474. The number of fused-ring (bicyclic) bond motifs is 1. The van der Waals surface area contributed by atoms with E-state index in [9.17, 15) is 9.59 Å². The first-order chi connectivity index (χ1) is 13.6. The Morgan fingerprint density at radius 2 is 2.11 bits per heavy atom. The van der Waals surface area contributed by atoms with E-state index in [1.165, 1.54) is 11.3 Å². The van der Waals surface area contributed by atoms with Gasteiger partial charge in [0.25, 0.3) is 5.91 Å². The molecule has 6 nitrogen and oxygen atoms in total. The number of nitrogens with one attached hydrogen (secondary N) is 2. The number of benzene rings is 2. The van der Waals surface area contributed by atoms with Gasteiger partial charge in [-0.3, -0.25) is 14.9 Å². The Morgan fingerprint density at radius 1 is 1.25 bits per heavy atom. The first-order valence-electron chi connectivity index (χ1n) is 9.06. The number of ether oxygens (including phenoxy) is 1. The second-order valence-corrected chi connectivity index (χ2v) is 7.20. The molecule has 0 bridgehead atoms. The summed E-state index contributed by atoms with van der Waals surface area (Å²) >= 11 is 1.37. The number of para-hydroxylation sites is 1. The Morgan fingerprint density at radius 3 is 2.96 bits per heavy atom. The van der Waals surface area contributed by atoms with Crippen LogP contribution >= 0.6 is 11.3 Å². The molecule has 0 saturated carbocycles. The Balaban J connectivity index is 1.52. The fraction of sp³-hybridized carbons (Fsp3) is 0.190. The molecular weight excluding hydrogens is 374 g/mol. The summed E-state index contributed by atoms with van der Waals surface area (Å²) in [6.07, 6.45) is 1.21. The highest BCUT2D eigenvalue weighted by atomic mass is 32.1. The van der Waals surface area contributed by atoms with E-state index in [2.05, 4.69) is 15.6 Å². The van der Waals surface area contributed by atoms with Crippen molar-refractivity contribution in [2.45, 2.75) is 19.8 Å². The third kappa shape index (κ3) is 3.75. The third-order valence-electron chi connectivity index (χ3n) is 4.45. The van der Waals surface area contributed by atoms with Crippen molar-refractivity contribution in [2.75, 3.05) is 17.2 Å². The average Bonchev–Trinajstić information content (AvgIpc) is 3.16. The lowest BCUT2D eigenvalue weighted by molar-refractivity contribution is -0.116. The van der Waals surface area contributed by atoms with Crippen molar-refractivity contribution in [2.24, 2.45) is 0 Å². The molecule has 0 radical (unpaired) electrons. The van der Waals surface area contributed by atoms with Crippen LogP contribution in [0.4, 0.5) is 10.8 Å². The van der Waals surface area contributed by atoms with Crippen LogP contribution in [0.25, 0.3) is 11.3 Å². The summed E-state index contributed by atoms with van der Waals surface area (Å²) in [5, 5.41) is 8.16. The number of aromatic nitrogens is 1. The zero-order chi connectivity index (χ0) is 19.5. The number of rotatable bonds is 5. The molecule has 0 spiro atoms. The lowest BCUT2D eigenvalue weighted by Crippen LogP contribution is -2.18. The van der Waals surface area contributed by atoms with Crippen molar-refractivity contribution in [3.63, 3.8) is 0 Å². The van der Waals surface area contributed by atoms with E-state index < -0.39 is 0 Å². The van der Waals surface area contributed by atoms with Crippen LogP contribution in [-0.4, -0.2) is 23.4 Å². The van der Waals surface area contributed by atoms with Gasteiger partial charge in [0, 0.05) is 23.1 Å². The third-order valence-corrected chi connectivity index (χ3v) is 5.21. The highest BCUT2D eigenvalue weighted by Crippen LogP contribution is 2.31. The van der Waals surface area contributed by atoms with Crippen LogP contribution in [0.1, 0.15) is 29.3 Å². The van der Waals surface area contributed by atoms with E-state index >= 15 is 0 Å². The highest BCUT2D eigenvalue weighted by Gasteiger charge is 2.17. The smallest absolute Gasteiger partial charge is 0.261 e. The standard InChI is InChI=1S/C21H19N3O3S/c1-2-27-18-6-4-3-5-15(18)20(26)24-21-23-17(12-28-21)14-7-9-16-13(11-14)8-10-19(25)22-16/h3-7,9,11-12H,2,8,10H2,1H3,(H,22,25)(H,23,24,26). The van der Waals surface area contributed by atoms with Crippen LogP contribution in [-0.2, 0) is 11.2 Å². The molecule has 2 N–H and O–H groups in total. The van der Waals surface area contributed by atoms with Gasteiger partial charge < -0.3 is 10.1 Å². The molecular formula is C21H19N3O3S. The molecule has 2 aromatic carbocycles. The van der Waals surface area contributed by atoms with E-state index in [0.29, 0.717) is 29.5 Å². The molecule has 0 fully saturated rings. The van der Waals surface area contributed by atoms with Crippen LogP contribution in [0.2, 0.25) is 0 Å². The van der Waals surface area contributed by atoms with E-state index in [4.69, 9.17) is 4.74 Å². The number of thiazole rings is 1. The number of hydrogen-bond donors (Lipinski definition) is 2. The molecule has 0 aliphatic carbocycles. The van der Waals surface area contributed by atoms with E-state index in [0.717, 1.165) is 28.9 Å². The van der Waals surface area contributed by atoms with Gasteiger partial charge in [0.05, 0.1) is 17.9 Å². The predicted molar refractivity (Wildman–Crippen MR) is 110 cm³/mol. The number of anilines is 2. The molecule has 28 heavy (non-hydrogen) atoms. The normalized spacial score (nSPS) is 12.8. The first-order valence-corrected chi connectivity index (χ1v) is 9.94. The Hall–Kier alpha value is -3.19. The maximum Gasteiger partial charge on any atom is 0.261 e. The second-order valence-electron chi connectivity index (χ2n) is 6.34. The SMILES string of the molecule is CCOc1ccccc1C(=O)Nc1nc(-c2ccc3c(c2)CCC(=O)N3)cs1. The van der Waals surface area contributed by atoms with Gasteiger partial charge in [-0.25, -0.2) is 4.98 Å². The van der Waals surface area contributed by atoms with Crippen LogP contribution in [0.3, 0.4) is 0 Å². The molecule has 4 rings (SSSR count). The number of amides is 2. The second kappa shape index (κ2) is 7.82. The fourth-order valence-electron chi connectivity index (χ4n) is 3.11. The van der Waals surface area contributed by atoms with Gasteiger partial charge in [-0.2, -0.15) is 0 Å². The van der Waals surface area contributed by atoms with Gasteiger partial charge in [-0.1, -0.05) is 18.2 Å². The van der Waals surface area contributed by atoms with E-state index in [1.807, 2.05) is 36.6 Å². The molecule has 1 aliphatic rings. The van der Waals surface area contributed by atoms with Gasteiger partial charge in [0.2, 0.25) is 5.91 Å². The van der Waals surface area contributed by atoms with Gasteiger partial charge in [-0.05, 0) is 43.2 Å². The molecule has 1 aromatic heterocycles. The monoisotopic (exact) mass is 393 g/mol. The topological polar surface area (TPSA) is 80.3 Å². The number of carbonyl (C=O) groups is 2. The molecule has 0 saturated heterocycles. The van der Waals surface area contributed by atoms with Crippen molar-refractivity contribution in [1.29, 1.82) is 0 Å². The summed E-state index contributed by atoms with van der Waals surface area (Å²) in [5.74, 6) is 0.348. The highest BCUT2D eigenvalue weighted by molar-refractivity contribution is 7.14. The lowest BCUT2D eigenvalue weighted by Gasteiger charge is -2.17. The number of carbonyl (C=O) groups excluding carboxylic acids is 2. The number of aryl methyl sites for hydroxylation is 1. The fourth-order valence-corrected chi connectivity index (χ4v) is 3.82. The minimum Gasteiger partial charge on any atom is -0.493 e. The average molecular weight is 393 g/mol. The van der Waals surface area contributed by atoms with Crippen LogP contribution in [0, 0.1) is 0 Å². The summed E-state index contributed by atoms with van der Waals surface area (Å²) in [7, 11) is 0. The van der Waals surface area contributed by atoms with Crippen LogP contribution < -0.4 is 15.4 Å². The summed E-state index contributed by atoms with van der Waals surface area (Å²) < 4.78 is 5.52. The van der Waals surface area contributed by atoms with Gasteiger partial charge >= 0.3 is 0 Å². The molecule has 2 heterocycles. The molecule has 0 unspecified atom stereocenters. The largest absolute Gasteiger partial charge is 0.493 e. The number of hydrogen-bond acceptors (Lipinski definition) is 5. The van der Waals surface area contributed by atoms with Crippen molar-refractivity contribution >= 4 is 34.0 Å². The molecule has 1 aliphatic heterocycles. The summed E-state index contributed by atoms with van der Waals surface area (Å²) in [5.41, 5.74) is 4.18. The molecule has 7 heteroatoms. The maximum atomic E-state index is 12.6. The van der Waals surface area contributed by atoms with E-state index in [1.54, 1.807) is 18.2 Å². The van der Waals surface area contributed by atoms with Crippen LogP contribution in [0.15, 0.2) is 47.8 Å². The molecule has 0 atom stereocenters. The van der Waals surface area contributed by atoms with Crippen molar-refractivity contribution in [3.8, 4) is 17.0 Å². The quantitative estimate of drug-likeness (QED) is 0.675. The Bertz CT molecular complexity index is 1040. The maximum absolute atomic E-state index is 12.6. The lowest BCUT2D eigenvalue weighted by atomic mass is 9.99. The van der Waals surface area contributed by atoms with Crippen LogP contribution in [0.5, 0.6) is 5.75 Å². The minimum atomic E-state index is -0.252. The molecule has 3 aromatic rings.